The van der Waals surface area contributed by atoms with E-state index in [2.05, 4.69) is 36.3 Å². The first kappa shape index (κ1) is 9.46. The summed E-state index contributed by atoms with van der Waals surface area (Å²) in [6, 6.07) is 8.56. The molecule has 3 rings (SSSR count). The van der Waals surface area contributed by atoms with E-state index in [-0.39, 0.29) is 0 Å². The number of anilines is 1. The van der Waals surface area contributed by atoms with Crippen LogP contribution in [-0.2, 0) is 13.5 Å². The number of rotatable bonds is 1. The summed E-state index contributed by atoms with van der Waals surface area (Å²) in [7, 11) is 1.90. The lowest BCUT2D eigenvalue weighted by molar-refractivity contribution is 0.652. The predicted octanol–water partition coefficient (Wildman–Crippen LogP) is 2.00. The summed E-state index contributed by atoms with van der Waals surface area (Å²) in [5.74, 6) is 1.22. The second-order valence-electron chi connectivity index (χ2n) is 4.47. The van der Waals surface area contributed by atoms with Crippen LogP contribution in [0, 0.1) is 6.92 Å². The molecule has 0 radical (unpaired) electrons. The summed E-state index contributed by atoms with van der Waals surface area (Å²) in [6.45, 7) is 2.05. The summed E-state index contributed by atoms with van der Waals surface area (Å²) in [6.07, 6.45) is 1.09. The third-order valence-electron chi connectivity index (χ3n) is 3.56. The average Bonchev–Trinajstić information content (AvgIpc) is 2.49. The van der Waals surface area contributed by atoms with E-state index in [0.717, 1.165) is 23.5 Å². The highest BCUT2D eigenvalue weighted by Crippen LogP contribution is 2.41. The zero-order valence-electron chi connectivity index (χ0n) is 9.57. The van der Waals surface area contributed by atoms with E-state index in [1.165, 1.54) is 11.1 Å². The van der Waals surface area contributed by atoms with E-state index in [0.29, 0.717) is 5.92 Å². The molecule has 1 aliphatic carbocycles. The molecule has 0 spiro atoms. The van der Waals surface area contributed by atoms with Crippen molar-refractivity contribution in [1.82, 2.24) is 9.78 Å². The van der Waals surface area contributed by atoms with E-state index >= 15 is 0 Å². The number of fused-ring (bicyclic) bond motifs is 1. The van der Waals surface area contributed by atoms with Gasteiger partial charge in [0.05, 0.1) is 5.69 Å². The first-order chi connectivity index (χ1) is 7.68. The Kier molecular flexibility index (Phi) is 1.84. The molecule has 16 heavy (non-hydrogen) atoms. The number of hydrogen-bond donors (Lipinski definition) is 1. The van der Waals surface area contributed by atoms with Crippen LogP contribution in [0.25, 0.3) is 0 Å². The molecule has 3 heteroatoms. The fourth-order valence-corrected chi connectivity index (χ4v) is 2.50. The highest BCUT2D eigenvalue weighted by atomic mass is 15.3. The maximum absolute atomic E-state index is 5.94. The average molecular weight is 213 g/mol. The van der Waals surface area contributed by atoms with Gasteiger partial charge in [0.1, 0.15) is 5.82 Å². The minimum Gasteiger partial charge on any atom is -0.384 e. The van der Waals surface area contributed by atoms with Crippen LogP contribution >= 0.6 is 0 Å². The number of nitrogen functional groups attached to an aromatic ring is 1. The summed E-state index contributed by atoms with van der Waals surface area (Å²) in [4.78, 5) is 0. The standard InChI is InChI=1S/C13H15N3/c1-8-12(15-16(2)13(8)14)11-7-9-5-3-4-6-10(9)11/h3-6,11H,7,14H2,1-2H3. The number of nitrogens with zero attached hydrogens (tertiary/aromatic N) is 2. The van der Waals surface area contributed by atoms with E-state index in [1.54, 1.807) is 4.68 Å². The van der Waals surface area contributed by atoms with Gasteiger partial charge in [0.25, 0.3) is 0 Å². The third kappa shape index (κ3) is 1.11. The first-order valence-corrected chi connectivity index (χ1v) is 5.55. The summed E-state index contributed by atoms with van der Waals surface area (Å²) in [5.41, 5.74) is 11.1. The zero-order chi connectivity index (χ0) is 11.3. The Balaban J connectivity index is 2.06. The molecule has 0 fully saturated rings. The lowest BCUT2D eigenvalue weighted by atomic mass is 9.75. The predicted molar refractivity (Wildman–Crippen MR) is 64.3 cm³/mol. The highest BCUT2D eigenvalue weighted by molar-refractivity contribution is 5.52. The normalized spacial score (nSPS) is 18.0. The maximum Gasteiger partial charge on any atom is 0.124 e. The molecule has 1 heterocycles. The van der Waals surface area contributed by atoms with Crippen LogP contribution in [0.1, 0.15) is 28.3 Å². The van der Waals surface area contributed by atoms with Crippen molar-refractivity contribution in [2.75, 3.05) is 5.73 Å². The fourth-order valence-electron chi connectivity index (χ4n) is 2.50. The second-order valence-corrected chi connectivity index (χ2v) is 4.47. The SMILES string of the molecule is Cc1c(C2Cc3ccccc32)nn(C)c1N. The maximum atomic E-state index is 5.94. The second kappa shape index (κ2) is 3.11. The van der Waals surface area contributed by atoms with E-state index in [1.807, 2.05) is 7.05 Å². The quantitative estimate of drug-likeness (QED) is 0.787. The molecule has 0 bridgehead atoms. The van der Waals surface area contributed by atoms with Crippen molar-refractivity contribution in [2.24, 2.45) is 7.05 Å². The molecule has 0 saturated heterocycles. The van der Waals surface area contributed by atoms with Gasteiger partial charge in [-0.1, -0.05) is 24.3 Å². The van der Waals surface area contributed by atoms with E-state index in [4.69, 9.17) is 5.73 Å². The molecular formula is C13H15N3. The van der Waals surface area contributed by atoms with Gasteiger partial charge in [0.2, 0.25) is 0 Å². The van der Waals surface area contributed by atoms with E-state index < -0.39 is 0 Å². The Bertz CT molecular complexity index is 554. The van der Waals surface area contributed by atoms with Crippen LogP contribution in [0.5, 0.6) is 0 Å². The van der Waals surface area contributed by atoms with Crippen LogP contribution < -0.4 is 5.73 Å². The van der Waals surface area contributed by atoms with Gasteiger partial charge in [0, 0.05) is 18.5 Å². The Morgan fingerprint density at radius 2 is 2.12 bits per heavy atom. The van der Waals surface area contributed by atoms with Crippen molar-refractivity contribution < 1.29 is 0 Å². The molecule has 0 amide bonds. The van der Waals surface area contributed by atoms with Gasteiger partial charge in [-0.15, -0.1) is 0 Å². The summed E-state index contributed by atoms with van der Waals surface area (Å²) >= 11 is 0. The minimum atomic E-state index is 0.444. The van der Waals surface area contributed by atoms with Crippen molar-refractivity contribution in [3.8, 4) is 0 Å². The van der Waals surface area contributed by atoms with Gasteiger partial charge in [-0.05, 0) is 24.5 Å². The molecule has 1 atom stereocenters. The van der Waals surface area contributed by atoms with Crippen molar-refractivity contribution >= 4 is 5.82 Å². The van der Waals surface area contributed by atoms with Gasteiger partial charge >= 0.3 is 0 Å². The fraction of sp³-hybridized carbons (Fsp3) is 0.308. The zero-order valence-corrected chi connectivity index (χ0v) is 9.57. The van der Waals surface area contributed by atoms with Crippen molar-refractivity contribution in [2.45, 2.75) is 19.3 Å². The molecule has 82 valence electrons. The first-order valence-electron chi connectivity index (χ1n) is 5.55. The number of nitrogens with two attached hydrogens (primary N) is 1. The van der Waals surface area contributed by atoms with Crippen LogP contribution in [0.3, 0.4) is 0 Å². The molecule has 3 nitrogen and oxygen atoms in total. The van der Waals surface area contributed by atoms with Crippen molar-refractivity contribution in [3.63, 3.8) is 0 Å². The Labute approximate surface area is 94.9 Å². The summed E-state index contributed by atoms with van der Waals surface area (Å²) in [5, 5.41) is 4.52. The van der Waals surface area contributed by atoms with Gasteiger partial charge in [-0.25, -0.2) is 0 Å². The molecule has 0 aliphatic heterocycles. The molecule has 1 unspecified atom stereocenters. The molecule has 1 aromatic carbocycles. The molecular weight excluding hydrogens is 198 g/mol. The lowest BCUT2D eigenvalue weighted by Crippen LogP contribution is -2.19. The van der Waals surface area contributed by atoms with Crippen LogP contribution in [0.2, 0.25) is 0 Å². The minimum absolute atomic E-state index is 0.444. The lowest BCUT2D eigenvalue weighted by Gasteiger charge is -2.29. The van der Waals surface area contributed by atoms with Crippen LogP contribution in [0.15, 0.2) is 24.3 Å². The molecule has 0 saturated carbocycles. The monoisotopic (exact) mass is 213 g/mol. The summed E-state index contributed by atoms with van der Waals surface area (Å²) < 4.78 is 1.77. The highest BCUT2D eigenvalue weighted by Gasteiger charge is 2.30. The van der Waals surface area contributed by atoms with Crippen LogP contribution in [-0.4, -0.2) is 9.78 Å². The van der Waals surface area contributed by atoms with Gasteiger partial charge in [0.15, 0.2) is 0 Å². The van der Waals surface area contributed by atoms with Crippen LogP contribution in [0.4, 0.5) is 5.82 Å². The number of aryl methyl sites for hydroxylation is 1. The van der Waals surface area contributed by atoms with Gasteiger partial charge < -0.3 is 5.73 Å². The van der Waals surface area contributed by atoms with Gasteiger partial charge in [-0.3, -0.25) is 4.68 Å². The number of hydrogen-bond acceptors (Lipinski definition) is 2. The Hall–Kier alpha value is -1.77. The smallest absolute Gasteiger partial charge is 0.124 e. The van der Waals surface area contributed by atoms with Gasteiger partial charge in [-0.2, -0.15) is 5.10 Å². The number of benzene rings is 1. The van der Waals surface area contributed by atoms with Crippen molar-refractivity contribution in [1.29, 1.82) is 0 Å². The Morgan fingerprint density at radius 3 is 2.75 bits per heavy atom. The molecule has 1 aromatic heterocycles. The van der Waals surface area contributed by atoms with Crippen molar-refractivity contribution in [3.05, 3.63) is 46.6 Å². The third-order valence-corrected chi connectivity index (χ3v) is 3.56. The number of aromatic nitrogens is 2. The molecule has 2 aromatic rings. The largest absolute Gasteiger partial charge is 0.384 e. The van der Waals surface area contributed by atoms with E-state index in [9.17, 15) is 0 Å². The molecule has 1 aliphatic rings. The Morgan fingerprint density at radius 1 is 1.38 bits per heavy atom. The topological polar surface area (TPSA) is 43.8 Å². The molecule has 2 N–H and O–H groups in total.